The third kappa shape index (κ3) is 2.91. The molecule has 0 radical (unpaired) electrons. The van der Waals surface area contributed by atoms with Crippen LogP contribution in [-0.4, -0.2) is 12.9 Å². The molecule has 0 aliphatic rings. The Morgan fingerprint density at radius 1 is 0.909 bits per heavy atom. The number of rotatable bonds is 4. The summed E-state index contributed by atoms with van der Waals surface area (Å²) in [5.74, 6) is 0.535. The number of ether oxygens (including phenoxy) is 1. The zero-order valence-electron chi connectivity index (χ0n) is 12.3. The van der Waals surface area contributed by atoms with Crippen LogP contribution in [0.3, 0.4) is 0 Å². The van der Waals surface area contributed by atoms with Gasteiger partial charge in [0.05, 0.1) is 12.7 Å². The fourth-order valence-corrected chi connectivity index (χ4v) is 2.41. The minimum absolute atomic E-state index is 0.0635. The molecule has 0 aliphatic heterocycles. The summed E-state index contributed by atoms with van der Waals surface area (Å²) >= 11 is 0. The van der Waals surface area contributed by atoms with Crippen LogP contribution < -0.4 is 4.74 Å². The molecule has 0 aliphatic carbocycles. The van der Waals surface area contributed by atoms with Gasteiger partial charge in [0, 0.05) is 0 Å². The lowest BCUT2D eigenvalue weighted by Crippen LogP contribution is -1.99. The Balaban J connectivity index is 1.98. The van der Waals surface area contributed by atoms with Crippen molar-refractivity contribution in [3.8, 4) is 5.75 Å². The van der Waals surface area contributed by atoms with E-state index in [1.807, 2.05) is 72.8 Å². The van der Waals surface area contributed by atoms with Gasteiger partial charge < -0.3 is 4.74 Å². The normalized spacial score (nSPS) is 11.0. The maximum absolute atomic E-state index is 12.5. The van der Waals surface area contributed by atoms with E-state index in [4.69, 9.17) is 4.74 Å². The van der Waals surface area contributed by atoms with Gasteiger partial charge in [0.25, 0.3) is 0 Å². The van der Waals surface area contributed by atoms with E-state index in [9.17, 15) is 4.79 Å². The maximum atomic E-state index is 12.5. The summed E-state index contributed by atoms with van der Waals surface area (Å²) in [7, 11) is 1.59. The second-order valence-corrected chi connectivity index (χ2v) is 5.01. The number of benzene rings is 3. The molecular weight excluding hydrogens is 272 g/mol. The number of carbonyl (C=O) groups is 1. The Hall–Kier alpha value is -2.87. The summed E-state index contributed by atoms with van der Waals surface area (Å²) in [5.41, 5.74) is 1.57. The Morgan fingerprint density at radius 3 is 2.23 bits per heavy atom. The molecule has 3 rings (SSSR count). The van der Waals surface area contributed by atoms with Crippen molar-refractivity contribution < 1.29 is 9.53 Å². The van der Waals surface area contributed by atoms with Crippen molar-refractivity contribution in [2.45, 2.75) is 0 Å². The summed E-state index contributed by atoms with van der Waals surface area (Å²) in [6.45, 7) is 0. The van der Waals surface area contributed by atoms with Crippen molar-refractivity contribution in [3.05, 3.63) is 83.9 Å². The molecule has 0 saturated heterocycles. The summed E-state index contributed by atoms with van der Waals surface area (Å²) in [5, 5.41) is 2.09. The van der Waals surface area contributed by atoms with E-state index in [2.05, 4.69) is 0 Å². The summed E-state index contributed by atoms with van der Waals surface area (Å²) in [4.78, 5) is 12.5. The van der Waals surface area contributed by atoms with Gasteiger partial charge in [-0.2, -0.15) is 0 Å². The molecular formula is C20H16O2. The topological polar surface area (TPSA) is 26.3 Å². The quantitative estimate of drug-likeness (QED) is 0.512. The molecule has 2 nitrogen and oxygen atoms in total. The first-order valence-corrected chi connectivity index (χ1v) is 7.12. The zero-order chi connectivity index (χ0) is 15.4. The first kappa shape index (κ1) is 14.1. The predicted octanol–water partition coefficient (Wildman–Crippen LogP) is 4.74. The van der Waals surface area contributed by atoms with Gasteiger partial charge in [-0.15, -0.1) is 0 Å². The van der Waals surface area contributed by atoms with Crippen LogP contribution in [-0.2, 0) is 0 Å². The van der Waals surface area contributed by atoms with Gasteiger partial charge in [0.2, 0.25) is 0 Å². The van der Waals surface area contributed by atoms with Crippen LogP contribution >= 0.6 is 0 Å². The van der Waals surface area contributed by atoms with Crippen LogP contribution in [0.2, 0.25) is 0 Å². The highest BCUT2D eigenvalue weighted by molar-refractivity contribution is 6.10. The number of methoxy groups -OCH3 is 1. The van der Waals surface area contributed by atoms with Crippen LogP contribution in [0, 0.1) is 0 Å². The number of hydrogen-bond acceptors (Lipinski definition) is 2. The summed E-state index contributed by atoms with van der Waals surface area (Å²) in [6.07, 6.45) is 3.40. The largest absolute Gasteiger partial charge is 0.496 e. The number of carbonyl (C=O) groups excluding carboxylic acids is 1. The summed E-state index contributed by atoms with van der Waals surface area (Å²) < 4.78 is 5.37. The van der Waals surface area contributed by atoms with Crippen LogP contribution in [0.25, 0.3) is 16.8 Å². The van der Waals surface area contributed by atoms with Crippen molar-refractivity contribution >= 4 is 22.6 Å². The minimum Gasteiger partial charge on any atom is -0.496 e. The predicted molar refractivity (Wildman–Crippen MR) is 90.3 cm³/mol. The lowest BCUT2D eigenvalue weighted by molar-refractivity contribution is 0.104. The number of allylic oxidation sites excluding steroid dienone is 1. The minimum atomic E-state index is -0.0635. The first-order valence-electron chi connectivity index (χ1n) is 7.12. The van der Waals surface area contributed by atoms with Crippen LogP contribution in [0.1, 0.15) is 15.9 Å². The Kier molecular flexibility index (Phi) is 4.01. The van der Waals surface area contributed by atoms with Gasteiger partial charge in [-0.05, 0) is 34.5 Å². The van der Waals surface area contributed by atoms with Gasteiger partial charge in [-0.3, -0.25) is 4.79 Å². The molecule has 0 N–H and O–H groups in total. The number of fused-ring (bicyclic) bond motifs is 1. The average molecular weight is 288 g/mol. The molecule has 3 aromatic carbocycles. The van der Waals surface area contributed by atoms with E-state index in [0.29, 0.717) is 11.3 Å². The van der Waals surface area contributed by atoms with E-state index < -0.39 is 0 Å². The third-order valence-corrected chi connectivity index (χ3v) is 3.56. The highest BCUT2D eigenvalue weighted by Gasteiger charge is 2.11. The lowest BCUT2D eigenvalue weighted by atomic mass is 10.0. The smallest absolute Gasteiger partial charge is 0.189 e. The maximum Gasteiger partial charge on any atom is 0.189 e. The second-order valence-electron chi connectivity index (χ2n) is 5.01. The van der Waals surface area contributed by atoms with E-state index in [0.717, 1.165) is 16.3 Å². The second kappa shape index (κ2) is 6.27. The number of ketones is 1. The highest BCUT2D eigenvalue weighted by Crippen LogP contribution is 2.26. The molecule has 0 spiro atoms. The molecule has 0 heterocycles. The average Bonchev–Trinajstić information content (AvgIpc) is 2.59. The Morgan fingerprint density at radius 2 is 1.55 bits per heavy atom. The molecule has 2 heteroatoms. The van der Waals surface area contributed by atoms with E-state index in [1.165, 1.54) is 0 Å². The SMILES string of the molecule is COc1cc2ccccc2cc1C(=O)C=Cc1ccccc1. The first-order chi connectivity index (χ1) is 10.8. The summed E-state index contributed by atoms with van der Waals surface area (Å²) in [6, 6.07) is 21.5. The van der Waals surface area contributed by atoms with E-state index >= 15 is 0 Å². The van der Waals surface area contributed by atoms with Gasteiger partial charge in [0.1, 0.15) is 5.75 Å². The Bertz CT molecular complexity index is 833. The van der Waals surface area contributed by atoms with Crippen molar-refractivity contribution in [1.82, 2.24) is 0 Å². The van der Waals surface area contributed by atoms with Gasteiger partial charge >= 0.3 is 0 Å². The lowest BCUT2D eigenvalue weighted by Gasteiger charge is -2.08. The molecule has 0 unspecified atom stereocenters. The molecule has 0 bridgehead atoms. The van der Waals surface area contributed by atoms with Crippen LogP contribution in [0.15, 0.2) is 72.8 Å². The van der Waals surface area contributed by atoms with Gasteiger partial charge in [-0.25, -0.2) is 0 Å². The highest BCUT2D eigenvalue weighted by atomic mass is 16.5. The van der Waals surface area contributed by atoms with Crippen molar-refractivity contribution in [3.63, 3.8) is 0 Å². The van der Waals surface area contributed by atoms with Crippen molar-refractivity contribution in [1.29, 1.82) is 0 Å². The molecule has 0 atom stereocenters. The third-order valence-electron chi connectivity index (χ3n) is 3.56. The van der Waals surface area contributed by atoms with Crippen LogP contribution in [0.4, 0.5) is 0 Å². The van der Waals surface area contributed by atoms with Gasteiger partial charge in [0.15, 0.2) is 5.78 Å². The molecule has 0 fully saturated rings. The number of hydrogen-bond donors (Lipinski definition) is 0. The van der Waals surface area contributed by atoms with Crippen molar-refractivity contribution in [2.75, 3.05) is 7.11 Å². The molecule has 0 saturated carbocycles. The zero-order valence-corrected chi connectivity index (χ0v) is 12.3. The molecule has 22 heavy (non-hydrogen) atoms. The standard InChI is InChI=1S/C20H16O2/c1-22-20-14-17-10-6-5-9-16(17)13-18(20)19(21)12-11-15-7-3-2-4-8-15/h2-14H,1H3. The molecule has 3 aromatic rings. The van der Waals surface area contributed by atoms with E-state index in [1.54, 1.807) is 13.2 Å². The van der Waals surface area contributed by atoms with Crippen molar-refractivity contribution in [2.24, 2.45) is 0 Å². The fourth-order valence-electron chi connectivity index (χ4n) is 2.41. The van der Waals surface area contributed by atoms with Gasteiger partial charge in [-0.1, -0.05) is 60.7 Å². The van der Waals surface area contributed by atoms with E-state index in [-0.39, 0.29) is 5.78 Å². The fraction of sp³-hybridized carbons (Fsp3) is 0.0500. The Labute approximate surface area is 129 Å². The monoisotopic (exact) mass is 288 g/mol. The molecule has 108 valence electrons. The molecule has 0 aromatic heterocycles. The molecule has 0 amide bonds. The van der Waals surface area contributed by atoms with Crippen LogP contribution in [0.5, 0.6) is 5.75 Å².